The molecule has 0 bridgehead atoms. The second-order valence-corrected chi connectivity index (χ2v) is 10.7. The number of carbonyl (C=O) groups excluding carboxylic acids is 4. The third-order valence-corrected chi connectivity index (χ3v) is 7.66. The number of thioether (sulfide) groups is 1. The van der Waals surface area contributed by atoms with Gasteiger partial charge >= 0.3 is 5.97 Å². The molecule has 2 aliphatic heterocycles. The molecule has 2 heterocycles. The lowest BCUT2D eigenvalue weighted by atomic mass is 10.1. The molecular weight excluding hydrogens is 619 g/mol. The fraction of sp³-hybridized carbons (Fsp3) is 0.280. The van der Waals surface area contributed by atoms with Crippen LogP contribution in [0.5, 0.6) is 11.5 Å². The van der Waals surface area contributed by atoms with Crippen LogP contribution in [0.3, 0.4) is 0 Å². The zero-order valence-electron chi connectivity index (χ0n) is 19.3. The third kappa shape index (κ3) is 6.04. The molecule has 36 heavy (non-hydrogen) atoms. The lowest BCUT2D eigenvalue weighted by molar-refractivity contribution is -0.136. The molecule has 11 heteroatoms. The SMILES string of the molecule is COc1cc(/C=C2\SC(=O)N(CC(=O)N3CCCCC3)C2=O)cc(I)c1OC(=O)c1ccc(Cl)cc1. The highest BCUT2D eigenvalue weighted by molar-refractivity contribution is 14.1. The topological polar surface area (TPSA) is 93.2 Å². The van der Waals surface area contributed by atoms with Gasteiger partial charge in [0.05, 0.1) is 21.1 Å². The van der Waals surface area contributed by atoms with Crippen molar-refractivity contribution < 1.29 is 28.7 Å². The van der Waals surface area contributed by atoms with E-state index >= 15 is 0 Å². The van der Waals surface area contributed by atoms with E-state index in [4.69, 9.17) is 21.1 Å². The Labute approximate surface area is 231 Å². The first-order valence-electron chi connectivity index (χ1n) is 11.1. The molecule has 0 spiro atoms. The predicted molar refractivity (Wildman–Crippen MR) is 145 cm³/mol. The molecule has 0 aromatic heterocycles. The summed E-state index contributed by atoms with van der Waals surface area (Å²) >= 11 is 8.67. The molecule has 0 radical (unpaired) electrons. The van der Waals surface area contributed by atoms with Crippen molar-refractivity contribution in [2.24, 2.45) is 0 Å². The number of likely N-dealkylation sites (tertiary alicyclic amines) is 1. The van der Waals surface area contributed by atoms with E-state index in [2.05, 4.69) is 0 Å². The van der Waals surface area contributed by atoms with E-state index in [1.54, 1.807) is 47.4 Å². The van der Waals surface area contributed by atoms with Crippen molar-refractivity contribution in [2.45, 2.75) is 19.3 Å². The van der Waals surface area contributed by atoms with E-state index in [1.165, 1.54) is 7.11 Å². The number of rotatable bonds is 6. The van der Waals surface area contributed by atoms with Gasteiger partial charge in [0.1, 0.15) is 6.54 Å². The lowest BCUT2D eigenvalue weighted by Crippen LogP contribution is -2.44. The number of benzene rings is 2. The standard InChI is InChI=1S/C25H22ClIN2O6S/c1-34-19-12-15(11-18(27)22(19)35-24(32)16-5-7-17(26)8-6-16)13-20-23(31)29(25(33)36-20)14-21(30)28-9-3-2-4-10-28/h5-8,11-13H,2-4,9-10,14H2,1H3/b20-13-. The molecule has 4 rings (SSSR count). The maximum atomic E-state index is 12.9. The van der Waals surface area contributed by atoms with Crippen molar-refractivity contribution in [3.8, 4) is 11.5 Å². The zero-order valence-corrected chi connectivity index (χ0v) is 23.0. The van der Waals surface area contributed by atoms with Gasteiger partial charge in [-0.3, -0.25) is 19.3 Å². The highest BCUT2D eigenvalue weighted by Crippen LogP contribution is 2.37. The van der Waals surface area contributed by atoms with Gasteiger partial charge in [-0.15, -0.1) is 0 Å². The van der Waals surface area contributed by atoms with Gasteiger partial charge < -0.3 is 14.4 Å². The molecule has 2 aliphatic rings. The average Bonchev–Trinajstić information content (AvgIpc) is 3.13. The summed E-state index contributed by atoms with van der Waals surface area (Å²) in [6.45, 7) is 1.04. The van der Waals surface area contributed by atoms with Crippen LogP contribution >= 0.6 is 46.0 Å². The second kappa shape index (κ2) is 11.7. The van der Waals surface area contributed by atoms with Gasteiger partial charge in [-0.05, 0) is 102 Å². The van der Waals surface area contributed by atoms with Crippen LogP contribution in [-0.2, 0) is 9.59 Å². The minimum atomic E-state index is -0.574. The third-order valence-electron chi connectivity index (χ3n) is 5.70. The summed E-state index contributed by atoms with van der Waals surface area (Å²) in [7, 11) is 1.44. The average molecular weight is 641 g/mol. The molecule has 2 fully saturated rings. The van der Waals surface area contributed by atoms with Crippen LogP contribution in [0.2, 0.25) is 5.02 Å². The normalized spacial score (nSPS) is 17.0. The summed E-state index contributed by atoms with van der Waals surface area (Å²) in [5.74, 6) is -0.788. The van der Waals surface area contributed by atoms with Crippen LogP contribution < -0.4 is 9.47 Å². The zero-order chi connectivity index (χ0) is 25.8. The number of methoxy groups -OCH3 is 1. The number of piperidine rings is 1. The van der Waals surface area contributed by atoms with Gasteiger partial charge in [-0.25, -0.2) is 4.79 Å². The van der Waals surface area contributed by atoms with E-state index in [-0.39, 0.29) is 28.9 Å². The van der Waals surface area contributed by atoms with E-state index in [0.29, 0.717) is 32.8 Å². The Balaban J connectivity index is 1.51. The van der Waals surface area contributed by atoms with Crippen molar-refractivity contribution in [1.82, 2.24) is 9.80 Å². The van der Waals surface area contributed by atoms with Crippen molar-refractivity contribution in [3.05, 3.63) is 61.0 Å². The first-order chi connectivity index (χ1) is 17.3. The summed E-state index contributed by atoms with van der Waals surface area (Å²) < 4.78 is 11.6. The molecule has 2 saturated heterocycles. The van der Waals surface area contributed by atoms with Crippen LogP contribution in [0.1, 0.15) is 35.2 Å². The first kappa shape index (κ1) is 26.5. The van der Waals surface area contributed by atoms with Gasteiger partial charge in [-0.1, -0.05) is 11.6 Å². The number of hydrogen-bond donors (Lipinski definition) is 0. The largest absolute Gasteiger partial charge is 0.493 e. The fourth-order valence-corrected chi connectivity index (χ4v) is 5.53. The summed E-state index contributed by atoms with van der Waals surface area (Å²) in [5, 5.41) is 0.0233. The second-order valence-electron chi connectivity index (χ2n) is 8.14. The summed E-state index contributed by atoms with van der Waals surface area (Å²) in [6.07, 6.45) is 4.50. The Hall–Kier alpha value is -2.57. The molecular formula is C25H22ClIN2O6S. The Morgan fingerprint density at radius 1 is 1.11 bits per heavy atom. The van der Waals surface area contributed by atoms with Crippen LogP contribution in [-0.4, -0.2) is 59.6 Å². The molecule has 2 aromatic carbocycles. The minimum Gasteiger partial charge on any atom is -0.493 e. The molecule has 0 saturated carbocycles. The maximum absolute atomic E-state index is 12.9. The van der Waals surface area contributed by atoms with E-state index in [1.807, 2.05) is 22.6 Å². The Kier molecular flexibility index (Phi) is 8.58. The number of halogens is 2. The Morgan fingerprint density at radius 3 is 2.47 bits per heavy atom. The number of esters is 1. The predicted octanol–water partition coefficient (Wildman–Crippen LogP) is 5.22. The fourth-order valence-electron chi connectivity index (χ4n) is 3.83. The summed E-state index contributed by atoms with van der Waals surface area (Å²) in [4.78, 5) is 53.4. The van der Waals surface area contributed by atoms with Crippen LogP contribution in [0.4, 0.5) is 4.79 Å². The van der Waals surface area contributed by atoms with E-state index in [0.717, 1.165) is 35.9 Å². The van der Waals surface area contributed by atoms with Crippen LogP contribution in [0.15, 0.2) is 41.3 Å². The van der Waals surface area contributed by atoms with Crippen molar-refractivity contribution >= 4 is 75.1 Å². The molecule has 0 unspecified atom stereocenters. The van der Waals surface area contributed by atoms with Crippen molar-refractivity contribution in [1.29, 1.82) is 0 Å². The highest BCUT2D eigenvalue weighted by Gasteiger charge is 2.37. The number of hydrogen-bond acceptors (Lipinski definition) is 7. The number of amides is 3. The maximum Gasteiger partial charge on any atom is 0.343 e. The molecule has 8 nitrogen and oxygen atoms in total. The van der Waals surface area contributed by atoms with Gasteiger partial charge in [0.2, 0.25) is 5.91 Å². The van der Waals surface area contributed by atoms with Crippen molar-refractivity contribution in [2.75, 3.05) is 26.7 Å². The number of ether oxygens (including phenoxy) is 2. The van der Waals surface area contributed by atoms with Gasteiger partial charge in [0, 0.05) is 18.1 Å². The van der Waals surface area contributed by atoms with Gasteiger partial charge in [0.15, 0.2) is 11.5 Å². The van der Waals surface area contributed by atoms with Crippen LogP contribution in [0, 0.1) is 3.57 Å². The number of carbonyl (C=O) groups is 4. The molecule has 3 amide bonds. The van der Waals surface area contributed by atoms with Gasteiger partial charge in [0.25, 0.3) is 11.1 Å². The smallest absolute Gasteiger partial charge is 0.343 e. The molecule has 188 valence electrons. The molecule has 0 N–H and O–H groups in total. The Morgan fingerprint density at radius 2 is 1.81 bits per heavy atom. The quantitative estimate of drug-likeness (QED) is 0.185. The number of imide groups is 1. The first-order valence-corrected chi connectivity index (χ1v) is 13.4. The van der Waals surface area contributed by atoms with E-state index < -0.39 is 17.1 Å². The van der Waals surface area contributed by atoms with Gasteiger partial charge in [-0.2, -0.15) is 0 Å². The number of nitrogens with zero attached hydrogens (tertiary/aromatic N) is 2. The molecule has 2 aromatic rings. The monoisotopic (exact) mass is 640 g/mol. The highest BCUT2D eigenvalue weighted by atomic mass is 127. The molecule has 0 aliphatic carbocycles. The lowest BCUT2D eigenvalue weighted by Gasteiger charge is -2.27. The summed E-state index contributed by atoms with van der Waals surface area (Å²) in [5.41, 5.74) is 0.907. The Bertz CT molecular complexity index is 1240. The summed E-state index contributed by atoms with van der Waals surface area (Å²) in [6, 6.07) is 9.63. The molecule has 0 atom stereocenters. The van der Waals surface area contributed by atoms with Crippen molar-refractivity contribution in [3.63, 3.8) is 0 Å². The van der Waals surface area contributed by atoms with E-state index in [9.17, 15) is 19.2 Å². The van der Waals surface area contributed by atoms with Crippen LogP contribution in [0.25, 0.3) is 6.08 Å². The minimum absolute atomic E-state index is 0.204.